The first-order valence-corrected chi connectivity index (χ1v) is 8.27. The third kappa shape index (κ3) is 3.76. The minimum atomic E-state index is -0.243. The number of benzene rings is 1. The van der Waals surface area contributed by atoms with Gasteiger partial charge in [0.1, 0.15) is 11.9 Å². The van der Waals surface area contributed by atoms with Crippen LogP contribution in [0, 0.1) is 0 Å². The molecule has 7 heteroatoms. The molecule has 126 valence electrons. The Labute approximate surface area is 145 Å². The molecule has 0 saturated carbocycles. The zero-order valence-corrected chi connectivity index (χ0v) is 14.2. The Kier molecular flexibility index (Phi) is 5.15. The van der Waals surface area contributed by atoms with Crippen molar-refractivity contribution in [2.24, 2.45) is 0 Å². The van der Waals surface area contributed by atoms with Crippen LogP contribution in [0.5, 0.6) is 5.75 Å². The number of hydrogen-bond acceptors (Lipinski definition) is 5. The summed E-state index contributed by atoms with van der Waals surface area (Å²) in [6.45, 7) is 1.59. The largest absolute Gasteiger partial charge is 0.487 e. The Bertz CT molecular complexity index is 708. The van der Waals surface area contributed by atoms with Gasteiger partial charge >= 0.3 is 0 Å². The Morgan fingerprint density at radius 2 is 2.12 bits per heavy atom. The molecule has 1 aromatic carbocycles. The fraction of sp³-hybridized carbons (Fsp3) is 0.353. The number of halogens is 1. The van der Waals surface area contributed by atoms with Crippen LogP contribution in [0.25, 0.3) is 0 Å². The molecule has 1 atom stereocenters. The lowest BCUT2D eigenvalue weighted by Gasteiger charge is -2.33. The maximum atomic E-state index is 11.5. The summed E-state index contributed by atoms with van der Waals surface area (Å²) >= 11 is 6.16. The van der Waals surface area contributed by atoms with Gasteiger partial charge in [-0.05, 0) is 37.1 Å². The lowest BCUT2D eigenvalue weighted by atomic mass is 10.1. The second-order valence-corrected chi connectivity index (χ2v) is 6.02. The summed E-state index contributed by atoms with van der Waals surface area (Å²) in [6.07, 6.45) is 2.00. The van der Waals surface area contributed by atoms with E-state index in [1.54, 1.807) is 13.1 Å². The van der Waals surface area contributed by atoms with Gasteiger partial charge in [-0.2, -0.15) is 0 Å². The average molecular weight is 347 g/mol. The second-order valence-electron chi connectivity index (χ2n) is 5.61. The summed E-state index contributed by atoms with van der Waals surface area (Å²) in [5.41, 5.74) is 0.308. The summed E-state index contributed by atoms with van der Waals surface area (Å²) in [6, 6.07) is 11.0. The van der Waals surface area contributed by atoms with Crippen LogP contribution in [-0.4, -0.2) is 42.3 Å². The van der Waals surface area contributed by atoms with Gasteiger partial charge in [0, 0.05) is 13.6 Å². The number of hydrogen-bond donors (Lipinski definition) is 1. The van der Waals surface area contributed by atoms with E-state index in [9.17, 15) is 4.79 Å². The third-order valence-corrected chi connectivity index (χ3v) is 4.25. The molecule has 0 radical (unpaired) electrons. The smallest absolute Gasteiger partial charge is 0.271 e. The predicted molar refractivity (Wildman–Crippen MR) is 92.7 cm³/mol. The van der Waals surface area contributed by atoms with E-state index in [0.717, 1.165) is 25.2 Å². The van der Waals surface area contributed by atoms with E-state index < -0.39 is 0 Å². The van der Waals surface area contributed by atoms with Crippen LogP contribution < -0.4 is 15.0 Å². The highest BCUT2D eigenvalue weighted by Crippen LogP contribution is 2.27. The van der Waals surface area contributed by atoms with Gasteiger partial charge in [0.05, 0.1) is 11.6 Å². The molecule has 24 heavy (non-hydrogen) atoms. The van der Waals surface area contributed by atoms with Crippen molar-refractivity contribution < 1.29 is 9.53 Å². The number of rotatable bonds is 4. The van der Waals surface area contributed by atoms with Gasteiger partial charge in [0.2, 0.25) is 0 Å². The molecule has 2 aromatic rings. The maximum absolute atomic E-state index is 11.5. The van der Waals surface area contributed by atoms with Gasteiger partial charge in [-0.3, -0.25) is 4.79 Å². The van der Waals surface area contributed by atoms with Crippen molar-refractivity contribution in [3.8, 4) is 5.75 Å². The highest BCUT2D eigenvalue weighted by molar-refractivity contribution is 6.32. The van der Waals surface area contributed by atoms with Crippen molar-refractivity contribution in [3.05, 3.63) is 47.1 Å². The van der Waals surface area contributed by atoms with Crippen molar-refractivity contribution in [1.29, 1.82) is 0 Å². The third-order valence-electron chi connectivity index (χ3n) is 3.94. The van der Waals surface area contributed by atoms with Crippen LogP contribution in [-0.2, 0) is 0 Å². The van der Waals surface area contributed by atoms with Gasteiger partial charge in [-0.25, -0.2) is 0 Å². The van der Waals surface area contributed by atoms with E-state index in [0.29, 0.717) is 23.0 Å². The molecule has 0 aliphatic carbocycles. The molecule has 1 fully saturated rings. The number of carbonyl (C=O) groups is 1. The van der Waals surface area contributed by atoms with Crippen molar-refractivity contribution in [3.63, 3.8) is 0 Å². The number of nitrogens with one attached hydrogen (secondary N) is 1. The summed E-state index contributed by atoms with van der Waals surface area (Å²) < 4.78 is 6.03. The molecule has 2 heterocycles. The molecule has 3 rings (SSSR count). The maximum Gasteiger partial charge on any atom is 0.271 e. The van der Waals surface area contributed by atoms with Gasteiger partial charge in [-0.15, -0.1) is 10.2 Å². The van der Waals surface area contributed by atoms with Gasteiger partial charge in [0.25, 0.3) is 5.91 Å². The Morgan fingerprint density at radius 3 is 2.83 bits per heavy atom. The van der Waals surface area contributed by atoms with Gasteiger partial charge in [0.15, 0.2) is 11.5 Å². The Morgan fingerprint density at radius 1 is 1.29 bits per heavy atom. The number of para-hydroxylation sites is 1. The summed E-state index contributed by atoms with van der Waals surface area (Å²) in [4.78, 5) is 13.6. The molecule has 1 amide bonds. The summed E-state index contributed by atoms with van der Waals surface area (Å²) in [5, 5.41) is 11.3. The fourth-order valence-electron chi connectivity index (χ4n) is 2.71. The van der Waals surface area contributed by atoms with Crippen molar-refractivity contribution in [1.82, 2.24) is 15.5 Å². The molecule has 1 aromatic heterocycles. The molecule has 0 spiro atoms. The highest BCUT2D eigenvalue weighted by Gasteiger charge is 2.23. The minimum Gasteiger partial charge on any atom is -0.487 e. The SMILES string of the molecule is CNC(=O)c1ccc(N2CCC[C@H](Oc3ccccc3Cl)C2)nn1. The highest BCUT2D eigenvalue weighted by atomic mass is 35.5. The van der Waals surface area contributed by atoms with E-state index in [1.165, 1.54) is 0 Å². The number of carbonyl (C=O) groups excluding carboxylic acids is 1. The summed E-state index contributed by atoms with van der Waals surface area (Å²) in [7, 11) is 1.57. The molecule has 0 unspecified atom stereocenters. The van der Waals surface area contributed by atoms with Crippen LogP contribution in [0.3, 0.4) is 0 Å². The van der Waals surface area contributed by atoms with Crippen LogP contribution in [0.2, 0.25) is 5.02 Å². The Hall–Kier alpha value is -2.34. The fourth-order valence-corrected chi connectivity index (χ4v) is 2.89. The monoisotopic (exact) mass is 346 g/mol. The first-order valence-electron chi connectivity index (χ1n) is 7.89. The number of ether oxygens (including phenoxy) is 1. The lowest BCUT2D eigenvalue weighted by molar-refractivity contribution is 0.0957. The predicted octanol–water partition coefficient (Wildman–Crippen LogP) is 2.54. The van der Waals surface area contributed by atoms with Gasteiger partial charge in [-0.1, -0.05) is 23.7 Å². The van der Waals surface area contributed by atoms with Crippen LogP contribution in [0.1, 0.15) is 23.3 Å². The van der Waals surface area contributed by atoms with E-state index in [4.69, 9.17) is 16.3 Å². The van der Waals surface area contributed by atoms with Crippen LogP contribution >= 0.6 is 11.6 Å². The molecule has 1 N–H and O–H groups in total. The van der Waals surface area contributed by atoms with E-state index >= 15 is 0 Å². The van der Waals surface area contributed by atoms with Gasteiger partial charge < -0.3 is 15.0 Å². The van der Waals surface area contributed by atoms with Crippen LogP contribution in [0.15, 0.2) is 36.4 Å². The number of aromatic nitrogens is 2. The minimum absolute atomic E-state index is 0.0408. The first kappa shape index (κ1) is 16.5. The first-order chi connectivity index (χ1) is 11.7. The molecular weight excluding hydrogens is 328 g/mol. The van der Waals surface area contributed by atoms with E-state index in [1.807, 2.05) is 30.3 Å². The number of nitrogens with zero attached hydrogens (tertiary/aromatic N) is 3. The standard InChI is InChI=1S/C17H19ClN4O2/c1-19-17(23)14-8-9-16(21-20-14)22-10-4-5-12(11-22)24-15-7-3-2-6-13(15)18/h2-3,6-9,12H,4-5,10-11H2,1H3,(H,19,23)/t12-/m0/s1. The summed E-state index contributed by atoms with van der Waals surface area (Å²) in [5.74, 6) is 1.20. The molecule has 1 aliphatic rings. The molecular formula is C17H19ClN4O2. The topological polar surface area (TPSA) is 67.4 Å². The average Bonchev–Trinajstić information content (AvgIpc) is 2.63. The zero-order valence-electron chi connectivity index (χ0n) is 13.4. The number of amides is 1. The lowest BCUT2D eigenvalue weighted by Crippen LogP contribution is -2.41. The van der Waals surface area contributed by atoms with E-state index in [-0.39, 0.29) is 12.0 Å². The normalized spacial score (nSPS) is 17.4. The number of anilines is 1. The number of piperidine rings is 1. The van der Waals surface area contributed by atoms with Crippen molar-refractivity contribution in [2.45, 2.75) is 18.9 Å². The quantitative estimate of drug-likeness (QED) is 0.921. The second kappa shape index (κ2) is 7.49. The zero-order chi connectivity index (χ0) is 16.9. The molecule has 6 nitrogen and oxygen atoms in total. The molecule has 1 aliphatic heterocycles. The molecule has 1 saturated heterocycles. The molecule has 0 bridgehead atoms. The van der Waals surface area contributed by atoms with Crippen molar-refractivity contribution >= 4 is 23.3 Å². The van der Waals surface area contributed by atoms with Crippen molar-refractivity contribution in [2.75, 3.05) is 25.0 Å². The Balaban J connectivity index is 1.67. The van der Waals surface area contributed by atoms with Crippen LogP contribution in [0.4, 0.5) is 5.82 Å². The van der Waals surface area contributed by atoms with E-state index in [2.05, 4.69) is 20.4 Å².